The van der Waals surface area contributed by atoms with Gasteiger partial charge in [-0.3, -0.25) is 15.0 Å². The van der Waals surface area contributed by atoms with Gasteiger partial charge in [0.25, 0.3) is 0 Å². The van der Waals surface area contributed by atoms with Crippen LogP contribution in [0.4, 0.5) is 10.7 Å². The molecule has 1 aliphatic heterocycles. The van der Waals surface area contributed by atoms with Gasteiger partial charge in [0.1, 0.15) is 0 Å². The van der Waals surface area contributed by atoms with Crippen molar-refractivity contribution in [3.63, 3.8) is 0 Å². The largest absolute Gasteiger partial charge is 0.338 e. The van der Waals surface area contributed by atoms with Crippen molar-refractivity contribution in [1.29, 1.82) is 0 Å². The van der Waals surface area contributed by atoms with Gasteiger partial charge in [0.2, 0.25) is 11.9 Å². The predicted octanol–water partition coefficient (Wildman–Crippen LogP) is 0.757. The number of nitrogens with zero attached hydrogens (tertiary/aromatic N) is 4. The average Bonchev–Trinajstić information content (AvgIpc) is 3.14. The first kappa shape index (κ1) is 17.6. The van der Waals surface area contributed by atoms with Crippen LogP contribution in [0.25, 0.3) is 0 Å². The first-order valence-corrected chi connectivity index (χ1v) is 9.05. The van der Waals surface area contributed by atoms with Crippen LogP contribution in [0.1, 0.15) is 32.1 Å². The number of imide groups is 1. The van der Waals surface area contributed by atoms with E-state index in [4.69, 9.17) is 0 Å². The van der Waals surface area contributed by atoms with Crippen LogP contribution in [0.15, 0.2) is 18.5 Å². The van der Waals surface area contributed by atoms with Crippen LogP contribution in [-0.4, -0.2) is 65.6 Å². The molecule has 2 N–H and O–H groups in total. The van der Waals surface area contributed by atoms with E-state index >= 15 is 0 Å². The van der Waals surface area contributed by atoms with E-state index in [-0.39, 0.29) is 18.0 Å². The average molecular weight is 346 g/mol. The van der Waals surface area contributed by atoms with Crippen molar-refractivity contribution in [3.05, 3.63) is 18.5 Å². The second-order valence-corrected chi connectivity index (χ2v) is 6.63. The Kier molecular flexibility index (Phi) is 6.16. The number of nitrogens with one attached hydrogen (secondary N) is 2. The van der Waals surface area contributed by atoms with Gasteiger partial charge in [0.05, 0.1) is 0 Å². The predicted molar refractivity (Wildman–Crippen MR) is 94.2 cm³/mol. The van der Waals surface area contributed by atoms with Gasteiger partial charge in [-0.2, -0.15) is 0 Å². The molecule has 0 aromatic carbocycles. The molecule has 0 spiro atoms. The maximum absolute atomic E-state index is 11.9. The standard InChI is InChI=1S/C17H26N6O2/c24-15(21-17(25)20-14-4-1-2-5-14)6-9-22-10-12-23(13-11-22)16-18-7-3-8-19-16/h3,7-8,14H,1-2,4-6,9-13H2,(H2,20,21,24,25). The van der Waals surface area contributed by atoms with Gasteiger partial charge in [0, 0.05) is 57.6 Å². The van der Waals surface area contributed by atoms with Crippen LogP contribution >= 0.6 is 0 Å². The van der Waals surface area contributed by atoms with Crippen LogP contribution in [0.5, 0.6) is 0 Å². The molecule has 1 saturated carbocycles. The van der Waals surface area contributed by atoms with Crippen LogP contribution in [0.3, 0.4) is 0 Å². The topological polar surface area (TPSA) is 90.5 Å². The summed E-state index contributed by atoms with van der Waals surface area (Å²) >= 11 is 0. The molecule has 0 unspecified atom stereocenters. The zero-order valence-electron chi connectivity index (χ0n) is 14.5. The summed E-state index contributed by atoms with van der Waals surface area (Å²) in [5.74, 6) is 0.535. The van der Waals surface area contributed by atoms with Crippen LogP contribution in [0.2, 0.25) is 0 Å². The lowest BCUT2D eigenvalue weighted by Crippen LogP contribution is -2.48. The summed E-state index contributed by atoms with van der Waals surface area (Å²) in [4.78, 5) is 36.6. The number of aromatic nitrogens is 2. The Labute approximate surface area is 148 Å². The van der Waals surface area contributed by atoms with Gasteiger partial charge in [-0.1, -0.05) is 12.8 Å². The summed E-state index contributed by atoms with van der Waals surface area (Å²) in [6.45, 7) is 4.06. The third-order valence-electron chi connectivity index (χ3n) is 4.81. The quantitative estimate of drug-likeness (QED) is 0.818. The minimum absolute atomic E-state index is 0.218. The Morgan fingerprint density at radius 2 is 1.76 bits per heavy atom. The first-order chi connectivity index (χ1) is 12.2. The molecular formula is C17H26N6O2. The molecule has 2 fully saturated rings. The Balaban J connectivity index is 1.32. The fraction of sp³-hybridized carbons (Fsp3) is 0.647. The third-order valence-corrected chi connectivity index (χ3v) is 4.81. The molecule has 3 amide bonds. The summed E-state index contributed by atoms with van der Waals surface area (Å²) in [6.07, 6.45) is 8.15. The number of amides is 3. The zero-order chi connectivity index (χ0) is 17.5. The highest BCUT2D eigenvalue weighted by Gasteiger charge is 2.21. The number of piperazine rings is 1. The molecule has 2 aliphatic rings. The van der Waals surface area contributed by atoms with Crippen LogP contribution in [0, 0.1) is 0 Å². The number of carbonyl (C=O) groups is 2. The molecule has 3 rings (SSSR count). The molecule has 1 aromatic rings. The molecule has 1 aliphatic carbocycles. The van der Waals surface area contributed by atoms with Crippen molar-refractivity contribution < 1.29 is 9.59 Å². The molecule has 0 radical (unpaired) electrons. The molecule has 0 bridgehead atoms. The number of anilines is 1. The lowest BCUT2D eigenvalue weighted by Gasteiger charge is -2.34. The summed E-state index contributed by atoms with van der Waals surface area (Å²) in [7, 11) is 0. The van der Waals surface area contributed by atoms with E-state index < -0.39 is 0 Å². The van der Waals surface area contributed by atoms with Crippen LogP contribution < -0.4 is 15.5 Å². The summed E-state index contributed by atoms with van der Waals surface area (Å²) < 4.78 is 0. The van der Waals surface area contributed by atoms with E-state index in [1.165, 1.54) is 0 Å². The highest BCUT2D eigenvalue weighted by Crippen LogP contribution is 2.17. The Hall–Kier alpha value is -2.22. The third kappa shape index (κ3) is 5.38. The molecular weight excluding hydrogens is 320 g/mol. The maximum atomic E-state index is 11.9. The number of hydrogen-bond acceptors (Lipinski definition) is 6. The van der Waals surface area contributed by atoms with Gasteiger partial charge in [-0.15, -0.1) is 0 Å². The highest BCUT2D eigenvalue weighted by molar-refractivity contribution is 5.94. The second kappa shape index (κ2) is 8.75. The van der Waals surface area contributed by atoms with E-state index in [9.17, 15) is 9.59 Å². The van der Waals surface area contributed by atoms with Crippen molar-refractivity contribution in [2.45, 2.75) is 38.1 Å². The molecule has 25 heavy (non-hydrogen) atoms. The van der Waals surface area contributed by atoms with Crippen molar-refractivity contribution in [3.8, 4) is 0 Å². The summed E-state index contributed by atoms with van der Waals surface area (Å²) in [6, 6.07) is 1.67. The van der Waals surface area contributed by atoms with E-state index in [1.807, 2.05) is 0 Å². The van der Waals surface area contributed by atoms with E-state index in [0.717, 1.165) is 57.8 Å². The molecule has 0 atom stereocenters. The van der Waals surface area contributed by atoms with Gasteiger partial charge in [0.15, 0.2) is 0 Å². The van der Waals surface area contributed by atoms with Crippen molar-refractivity contribution in [1.82, 2.24) is 25.5 Å². The Bertz CT molecular complexity index is 568. The molecule has 1 saturated heterocycles. The van der Waals surface area contributed by atoms with Crippen molar-refractivity contribution >= 4 is 17.9 Å². The fourth-order valence-electron chi connectivity index (χ4n) is 3.37. The van der Waals surface area contributed by atoms with Gasteiger partial charge < -0.3 is 10.2 Å². The maximum Gasteiger partial charge on any atom is 0.321 e. The highest BCUT2D eigenvalue weighted by atomic mass is 16.2. The molecule has 136 valence electrons. The number of rotatable bonds is 5. The molecule has 8 nitrogen and oxygen atoms in total. The lowest BCUT2D eigenvalue weighted by atomic mass is 10.2. The smallest absolute Gasteiger partial charge is 0.321 e. The van der Waals surface area contributed by atoms with Crippen molar-refractivity contribution in [2.75, 3.05) is 37.6 Å². The van der Waals surface area contributed by atoms with Gasteiger partial charge in [-0.05, 0) is 18.9 Å². The zero-order valence-corrected chi connectivity index (χ0v) is 14.5. The first-order valence-electron chi connectivity index (χ1n) is 9.05. The molecule has 1 aromatic heterocycles. The number of hydrogen-bond donors (Lipinski definition) is 2. The lowest BCUT2D eigenvalue weighted by molar-refractivity contribution is -0.120. The van der Waals surface area contributed by atoms with E-state index in [1.54, 1.807) is 18.5 Å². The van der Waals surface area contributed by atoms with E-state index in [2.05, 4.69) is 30.4 Å². The van der Waals surface area contributed by atoms with Gasteiger partial charge >= 0.3 is 6.03 Å². The normalized spacial score (nSPS) is 19.0. The molecule has 2 heterocycles. The SMILES string of the molecule is O=C(CCN1CCN(c2ncccn2)CC1)NC(=O)NC1CCCC1. The second-order valence-electron chi connectivity index (χ2n) is 6.63. The van der Waals surface area contributed by atoms with Crippen LogP contribution in [-0.2, 0) is 4.79 Å². The number of carbonyl (C=O) groups excluding carboxylic acids is 2. The molecule has 8 heteroatoms. The minimum Gasteiger partial charge on any atom is -0.338 e. The number of urea groups is 1. The summed E-state index contributed by atoms with van der Waals surface area (Å²) in [5, 5.41) is 5.30. The minimum atomic E-state index is -0.358. The van der Waals surface area contributed by atoms with E-state index in [0.29, 0.717) is 13.0 Å². The summed E-state index contributed by atoms with van der Waals surface area (Å²) in [5.41, 5.74) is 0. The Morgan fingerprint density at radius 3 is 2.44 bits per heavy atom. The monoisotopic (exact) mass is 346 g/mol. The van der Waals surface area contributed by atoms with Gasteiger partial charge in [-0.25, -0.2) is 14.8 Å². The fourth-order valence-corrected chi connectivity index (χ4v) is 3.37. The van der Waals surface area contributed by atoms with Crippen molar-refractivity contribution in [2.24, 2.45) is 0 Å². The Morgan fingerprint density at radius 1 is 1.08 bits per heavy atom.